The van der Waals surface area contributed by atoms with Crippen molar-refractivity contribution in [3.8, 4) is 5.75 Å². The van der Waals surface area contributed by atoms with Gasteiger partial charge in [0.05, 0.1) is 10.4 Å². The summed E-state index contributed by atoms with van der Waals surface area (Å²) in [6.45, 7) is 0. The second-order valence-corrected chi connectivity index (χ2v) is 4.28. The van der Waals surface area contributed by atoms with Gasteiger partial charge in [0.25, 0.3) is 0 Å². The molecule has 0 atom stereocenters. The minimum atomic E-state index is -4.77. The van der Waals surface area contributed by atoms with Crippen molar-refractivity contribution in [3.63, 3.8) is 0 Å². The van der Waals surface area contributed by atoms with Crippen LogP contribution >= 0.6 is 27.5 Å². The van der Waals surface area contributed by atoms with Crippen LogP contribution in [0.25, 0.3) is 0 Å². The summed E-state index contributed by atoms with van der Waals surface area (Å²) in [4.78, 5) is 11.1. The molecule has 0 aliphatic heterocycles. The van der Waals surface area contributed by atoms with Gasteiger partial charge in [0.1, 0.15) is 5.75 Å². The Hall–Kier alpha value is -0.750. The van der Waals surface area contributed by atoms with Crippen molar-refractivity contribution in [2.75, 3.05) is 5.88 Å². The Morgan fingerprint density at radius 1 is 1.41 bits per heavy atom. The van der Waals surface area contributed by atoms with E-state index in [9.17, 15) is 18.0 Å². The second kappa shape index (κ2) is 5.73. The molecular formula is C10H7BrClF3O2. The number of benzene rings is 1. The zero-order valence-corrected chi connectivity index (χ0v) is 10.7. The Morgan fingerprint density at radius 2 is 2.06 bits per heavy atom. The molecule has 0 radical (unpaired) electrons. The SMILES string of the molecule is O=C(CCl)Cc1ccc(Br)c(OC(F)(F)F)c1. The summed E-state index contributed by atoms with van der Waals surface area (Å²) in [7, 11) is 0. The molecule has 17 heavy (non-hydrogen) atoms. The van der Waals surface area contributed by atoms with Crippen molar-refractivity contribution >= 4 is 33.3 Å². The zero-order valence-electron chi connectivity index (χ0n) is 8.35. The molecule has 0 saturated carbocycles. The number of carbonyl (C=O) groups excluding carboxylic acids is 1. The van der Waals surface area contributed by atoms with Crippen LogP contribution in [-0.2, 0) is 11.2 Å². The van der Waals surface area contributed by atoms with Gasteiger partial charge in [-0.3, -0.25) is 4.79 Å². The van der Waals surface area contributed by atoms with E-state index in [2.05, 4.69) is 20.7 Å². The lowest BCUT2D eigenvalue weighted by Gasteiger charge is -2.11. The van der Waals surface area contributed by atoms with Gasteiger partial charge >= 0.3 is 6.36 Å². The highest BCUT2D eigenvalue weighted by Gasteiger charge is 2.32. The van der Waals surface area contributed by atoms with Crippen LogP contribution in [0.3, 0.4) is 0 Å². The number of Topliss-reactive ketones (excluding diaryl/α,β-unsaturated/α-hetero) is 1. The fourth-order valence-corrected chi connectivity index (χ4v) is 1.56. The van der Waals surface area contributed by atoms with E-state index in [4.69, 9.17) is 11.6 Å². The van der Waals surface area contributed by atoms with Crippen LogP contribution in [0.4, 0.5) is 13.2 Å². The van der Waals surface area contributed by atoms with Gasteiger partial charge in [0.15, 0.2) is 5.78 Å². The second-order valence-electron chi connectivity index (χ2n) is 3.16. The minimum absolute atomic E-state index is 0.0228. The Kier molecular flexibility index (Phi) is 4.82. The molecule has 1 rings (SSSR count). The van der Waals surface area contributed by atoms with Crippen LogP contribution < -0.4 is 4.74 Å². The van der Waals surface area contributed by atoms with Crippen LogP contribution in [-0.4, -0.2) is 18.0 Å². The van der Waals surface area contributed by atoms with E-state index in [-0.39, 0.29) is 28.3 Å². The molecule has 0 aliphatic rings. The number of hydrogen-bond donors (Lipinski definition) is 0. The molecule has 7 heteroatoms. The first kappa shape index (κ1) is 14.3. The molecule has 0 amide bonds. The maximum absolute atomic E-state index is 12.1. The lowest BCUT2D eigenvalue weighted by molar-refractivity contribution is -0.274. The molecule has 94 valence electrons. The monoisotopic (exact) mass is 330 g/mol. The van der Waals surface area contributed by atoms with Crippen molar-refractivity contribution in [1.29, 1.82) is 0 Å². The zero-order chi connectivity index (χ0) is 13.1. The van der Waals surface area contributed by atoms with E-state index in [0.717, 1.165) is 6.07 Å². The fraction of sp³-hybridized carbons (Fsp3) is 0.300. The van der Waals surface area contributed by atoms with Gasteiger partial charge < -0.3 is 4.74 Å². The Bertz CT molecular complexity index is 421. The molecule has 0 N–H and O–H groups in total. The first-order valence-electron chi connectivity index (χ1n) is 4.43. The minimum Gasteiger partial charge on any atom is -0.405 e. The molecule has 0 saturated heterocycles. The standard InChI is InChI=1S/C10H7BrClF3O2/c11-8-2-1-6(3-7(16)5-12)4-9(8)17-10(13,14)15/h1-2,4H,3,5H2. The van der Waals surface area contributed by atoms with E-state index in [1.54, 1.807) is 0 Å². The summed E-state index contributed by atoms with van der Waals surface area (Å²) in [5.41, 5.74) is 0.415. The molecule has 0 spiro atoms. The Morgan fingerprint density at radius 3 is 2.59 bits per heavy atom. The third-order valence-corrected chi connectivity index (χ3v) is 2.72. The summed E-state index contributed by atoms with van der Waals surface area (Å²) in [5.74, 6) is -0.824. The van der Waals surface area contributed by atoms with E-state index in [1.165, 1.54) is 12.1 Å². The highest BCUT2D eigenvalue weighted by molar-refractivity contribution is 9.10. The highest BCUT2D eigenvalue weighted by atomic mass is 79.9. The summed E-state index contributed by atoms with van der Waals surface area (Å²) < 4.78 is 40.1. The molecule has 2 nitrogen and oxygen atoms in total. The van der Waals surface area contributed by atoms with Crippen LogP contribution in [0.5, 0.6) is 5.75 Å². The number of ether oxygens (including phenoxy) is 1. The van der Waals surface area contributed by atoms with Gasteiger partial charge in [0.2, 0.25) is 0 Å². The number of halogens is 5. The van der Waals surface area contributed by atoms with Crippen molar-refractivity contribution in [3.05, 3.63) is 28.2 Å². The van der Waals surface area contributed by atoms with Gasteiger partial charge in [-0.2, -0.15) is 0 Å². The number of carbonyl (C=O) groups is 1. The van der Waals surface area contributed by atoms with Crippen LogP contribution in [0.1, 0.15) is 5.56 Å². The topological polar surface area (TPSA) is 26.3 Å². The van der Waals surface area contributed by atoms with Crippen LogP contribution in [0.15, 0.2) is 22.7 Å². The number of hydrogen-bond acceptors (Lipinski definition) is 2. The van der Waals surface area contributed by atoms with Gasteiger partial charge in [-0.05, 0) is 33.6 Å². The quantitative estimate of drug-likeness (QED) is 0.787. The number of ketones is 1. The summed E-state index contributed by atoms with van der Waals surface area (Å²) in [6, 6.07) is 4.07. The smallest absolute Gasteiger partial charge is 0.405 e. The fourth-order valence-electron chi connectivity index (χ4n) is 1.14. The van der Waals surface area contributed by atoms with Crippen LogP contribution in [0, 0.1) is 0 Å². The van der Waals surface area contributed by atoms with E-state index in [0.29, 0.717) is 5.56 Å². The molecule has 0 bridgehead atoms. The van der Waals surface area contributed by atoms with Crippen molar-refractivity contribution < 1.29 is 22.7 Å². The molecule has 0 aliphatic carbocycles. The largest absolute Gasteiger partial charge is 0.573 e. The number of rotatable bonds is 4. The number of alkyl halides is 4. The van der Waals surface area contributed by atoms with Gasteiger partial charge in [0, 0.05) is 6.42 Å². The summed E-state index contributed by atoms with van der Waals surface area (Å²) >= 11 is 8.24. The molecule has 0 unspecified atom stereocenters. The maximum atomic E-state index is 12.1. The molecule has 0 aromatic heterocycles. The van der Waals surface area contributed by atoms with E-state index < -0.39 is 6.36 Å². The van der Waals surface area contributed by atoms with Crippen LogP contribution in [0.2, 0.25) is 0 Å². The Balaban J connectivity index is 2.90. The first-order valence-corrected chi connectivity index (χ1v) is 5.76. The van der Waals surface area contributed by atoms with E-state index in [1.807, 2.05) is 0 Å². The van der Waals surface area contributed by atoms with E-state index >= 15 is 0 Å². The lowest BCUT2D eigenvalue weighted by atomic mass is 10.1. The predicted molar refractivity (Wildman–Crippen MR) is 60.3 cm³/mol. The van der Waals surface area contributed by atoms with Gasteiger partial charge in [-0.1, -0.05) is 6.07 Å². The molecule has 0 heterocycles. The molecule has 0 fully saturated rings. The average molecular weight is 332 g/mol. The van der Waals surface area contributed by atoms with Gasteiger partial charge in [-0.25, -0.2) is 0 Å². The van der Waals surface area contributed by atoms with Crippen molar-refractivity contribution in [2.24, 2.45) is 0 Å². The van der Waals surface area contributed by atoms with Crippen molar-refractivity contribution in [1.82, 2.24) is 0 Å². The molecule has 1 aromatic carbocycles. The van der Waals surface area contributed by atoms with Gasteiger partial charge in [-0.15, -0.1) is 24.8 Å². The predicted octanol–water partition coefficient (Wildman–Crippen LogP) is 3.70. The third-order valence-electron chi connectivity index (χ3n) is 1.77. The molecule has 1 aromatic rings. The maximum Gasteiger partial charge on any atom is 0.573 e. The highest BCUT2D eigenvalue weighted by Crippen LogP contribution is 2.31. The molecular weight excluding hydrogens is 324 g/mol. The third kappa shape index (κ3) is 4.95. The normalized spacial score (nSPS) is 11.4. The summed E-state index contributed by atoms with van der Waals surface area (Å²) in [5, 5.41) is 0. The lowest BCUT2D eigenvalue weighted by Crippen LogP contribution is -2.17. The average Bonchev–Trinajstić information content (AvgIpc) is 2.21. The first-order chi connectivity index (χ1) is 7.81. The Labute approximate surface area is 109 Å². The summed E-state index contributed by atoms with van der Waals surface area (Å²) in [6.07, 6.45) is -4.79. The van der Waals surface area contributed by atoms with Crippen molar-refractivity contribution in [2.45, 2.75) is 12.8 Å².